The van der Waals surface area contributed by atoms with Gasteiger partial charge in [-0.05, 0) is 43.2 Å². The van der Waals surface area contributed by atoms with Gasteiger partial charge in [0.15, 0.2) is 0 Å². The van der Waals surface area contributed by atoms with E-state index in [0.717, 1.165) is 34.3 Å². The summed E-state index contributed by atoms with van der Waals surface area (Å²) in [6, 6.07) is 11.3. The maximum Gasteiger partial charge on any atom is 0.260 e. The summed E-state index contributed by atoms with van der Waals surface area (Å²) in [6.45, 7) is 3.53. The number of nitrogens with one attached hydrogen (secondary N) is 1. The summed E-state index contributed by atoms with van der Waals surface area (Å²) in [6.07, 6.45) is 9.33. The highest BCUT2D eigenvalue weighted by molar-refractivity contribution is 6.33. The van der Waals surface area contributed by atoms with Gasteiger partial charge < -0.3 is 10.1 Å². The second-order valence-electron chi connectivity index (χ2n) is 9.17. The molecular formula is C28H24ClN7O2. The number of hydrogen-bond acceptors (Lipinski definition) is 8. The Kier molecular flexibility index (Phi) is 6.53. The number of aryl methyl sites for hydroxylation is 1. The second-order valence-corrected chi connectivity index (χ2v) is 9.57. The van der Waals surface area contributed by atoms with Gasteiger partial charge in [0.2, 0.25) is 5.95 Å². The molecule has 1 saturated heterocycles. The fraction of sp³-hybridized carbons (Fsp3) is 0.214. The minimum atomic E-state index is -0.200. The standard InChI is InChI=1S/C28H24ClN7O2/c1-17-25(32-10-9-31-17)19-2-3-22(24(29)13-19)23-12-20-14-33-28(34-21-6-11-38-16-21)35-26(20)36(27(23)37)15-18-4-7-30-8-5-18/h2-5,7-10,12-14,21H,6,11,15-16H2,1H3,(H,33,34,35). The Morgan fingerprint density at radius 3 is 2.66 bits per heavy atom. The van der Waals surface area contributed by atoms with Crippen LogP contribution in [-0.2, 0) is 11.3 Å². The van der Waals surface area contributed by atoms with Crippen molar-refractivity contribution < 1.29 is 4.74 Å². The van der Waals surface area contributed by atoms with Gasteiger partial charge >= 0.3 is 0 Å². The van der Waals surface area contributed by atoms with E-state index in [0.29, 0.717) is 47.5 Å². The fourth-order valence-electron chi connectivity index (χ4n) is 4.64. The van der Waals surface area contributed by atoms with Gasteiger partial charge in [0.05, 0.1) is 30.6 Å². The Bertz CT molecular complexity index is 1680. The minimum absolute atomic E-state index is 0.141. The van der Waals surface area contributed by atoms with Crippen molar-refractivity contribution in [1.29, 1.82) is 0 Å². The van der Waals surface area contributed by atoms with Crippen LogP contribution >= 0.6 is 11.6 Å². The number of anilines is 1. The van der Waals surface area contributed by atoms with E-state index < -0.39 is 0 Å². The van der Waals surface area contributed by atoms with Crippen LogP contribution in [0.2, 0.25) is 5.02 Å². The smallest absolute Gasteiger partial charge is 0.260 e. The molecule has 0 radical (unpaired) electrons. The van der Waals surface area contributed by atoms with E-state index in [9.17, 15) is 4.79 Å². The van der Waals surface area contributed by atoms with Gasteiger partial charge in [-0.2, -0.15) is 4.98 Å². The van der Waals surface area contributed by atoms with Gasteiger partial charge in [-0.15, -0.1) is 0 Å². The molecular weight excluding hydrogens is 502 g/mol. The average Bonchev–Trinajstić information content (AvgIpc) is 3.44. The summed E-state index contributed by atoms with van der Waals surface area (Å²) in [5.74, 6) is 0.463. The van der Waals surface area contributed by atoms with Crippen molar-refractivity contribution in [3.63, 3.8) is 0 Å². The molecule has 5 aromatic rings. The number of fused-ring (bicyclic) bond motifs is 1. The summed E-state index contributed by atoms with van der Waals surface area (Å²) in [7, 11) is 0. The maximum absolute atomic E-state index is 14.0. The van der Waals surface area contributed by atoms with Crippen molar-refractivity contribution in [2.45, 2.75) is 25.9 Å². The summed E-state index contributed by atoms with van der Waals surface area (Å²) in [5.41, 5.74) is 4.73. The molecule has 9 nitrogen and oxygen atoms in total. The molecule has 1 unspecified atom stereocenters. The van der Waals surface area contributed by atoms with E-state index in [-0.39, 0.29) is 11.6 Å². The molecule has 5 heterocycles. The number of halogens is 1. The van der Waals surface area contributed by atoms with E-state index in [1.165, 1.54) is 0 Å². The quantitative estimate of drug-likeness (QED) is 0.345. The third-order valence-corrected chi connectivity index (χ3v) is 6.91. The van der Waals surface area contributed by atoms with Crippen LogP contribution in [0.4, 0.5) is 5.95 Å². The molecule has 190 valence electrons. The van der Waals surface area contributed by atoms with Crippen LogP contribution in [0.25, 0.3) is 33.4 Å². The predicted octanol–water partition coefficient (Wildman–Crippen LogP) is 4.52. The highest BCUT2D eigenvalue weighted by Gasteiger charge is 2.19. The van der Waals surface area contributed by atoms with Crippen molar-refractivity contribution in [1.82, 2.24) is 29.5 Å². The number of aromatic nitrogens is 6. The SMILES string of the molecule is Cc1nccnc1-c1ccc(-c2cc3cnc(NC4CCOC4)nc3n(Cc3ccncc3)c2=O)c(Cl)c1. The molecule has 0 saturated carbocycles. The molecule has 0 bridgehead atoms. The topological polar surface area (TPSA) is 108 Å². The molecule has 6 rings (SSSR count). The van der Waals surface area contributed by atoms with Gasteiger partial charge in [0.1, 0.15) is 5.65 Å². The van der Waals surface area contributed by atoms with Crippen LogP contribution in [0.3, 0.4) is 0 Å². The Hall–Kier alpha value is -4.21. The fourth-order valence-corrected chi connectivity index (χ4v) is 4.92. The Labute approximate surface area is 223 Å². The zero-order valence-corrected chi connectivity index (χ0v) is 21.4. The zero-order valence-electron chi connectivity index (χ0n) is 20.6. The Morgan fingerprint density at radius 2 is 1.89 bits per heavy atom. The molecule has 1 atom stereocenters. The Morgan fingerprint density at radius 1 is 1.05 bits per heavy atom. The monoisotopic (exact) mass is 525 g/mol. The van der Waals surface area contributed by atoms with Crippen LogP contribution in [-0.4, -0.2) is 48.7 Å². The molecule has 38 heavy (non-hydrogen) atoms. The molecule has 1 N–H and O–H groups in total. The largest absolute Gasteiger partial charge is 0.379 e. The molecule has 1 fully saturated rings. The third kappa shape index (κ3) is 4.73. The second kappa shape index (κ2) is 10.3. The van der Waals surface area contributed by atoms with Gasteiger partial charge in [0, 0.05) is 64.7 Å². The summed E-state index contributed by atoms with van der Waals surface area (Å²) in [5, 5.41) is 4.49. The summed E-state index contributed by atoms with van der Waals surface area (Å²) in [4.78, 5) is 36.1. The van der Waals surface area contributed by atoms with Crippen LogP contribution in [0.5, 0.6) is 0 Å². The number of ether oxygens (including phenoxy) is 1. The highest BCUT2D eigenvalue weighted by Crippen LogP contribution is 2.32. The first-order valence-electron chi connectivity index (χ1n) is 12.3. The molecule has 0 spiro atoms. The molecule has 0 aliphatic carbocycles. The molecule has 1 aromatic carbocycles. The van der Waals surface area contributed by atoms with Gasteiger partial charge in [0.25, 0.3) is 5.56 Å². The number of pyridine rings is 2. The number of nitrogens with zero attached hydrogens (tertiary/aromatic N) is 6. The Balaban J connectivity index is 1.47. The average molecular weight is 526 g/mol. The molecule has 4 aromatic heterocycles. The summed E-state index contributed by atoms with van der Waals surface area (Å²) >= 11 is 6.76. The number of benzene rings is 1. The van der Waals surface area contributed by atoms with E-state index in [2.05, 4.69) is 25.3 Å². The lowest BCUT2D eigenvalue weighted by molar-refractivity contribution is 0.195. The first-order chi connectivity index (χ1) is 18.6. The van der Waals surface area contributed by atoms with Crippen LogP contribution in [0.15, 0.2) is 72.2 Å². The highest BCUT2D eigenvalue weighted by atomic mass is 35.5. The van der Waals surface area contributed by atoms with Crippen molar-refractivity contribution in [2.75, 3.05) is 18.5 Å². The van der Waals surface area contributed by atoms with Crippen LogP contribution < -0.4 is 10.9 Å². The van der Waals surface area contributed by atoms with Crippen molar-refractivity contribution in [2.24, 2.45) is 0 Å². The zero-order chi connectivity index (χ0) is 26.1. The number of rotatable bonds is 6. The lowest BCUT2D eigenvalue weighted by atomic mass is 10.0. The van der Waals surface area contributed by atoms with E-state index in [1.54, 1.807) is 41.6 Å². The van der Waals surface area contributed by atoms with E-state index in [1.807, 2.05) is 37.3 Å². The first kappa shape index (κ1) is 24.1. The van der Waals surface area contributed by atoms with Crippen LogP contribution in [0, 0.1) is 6.92 Å². The summed E-state index contributed by atoms with van der Waals surface area (Å²) < 4.78 is 7.12. The predicted molar refractivity (Wildman–Crippen MR) is 146 cm³/mol. The first-order valence-corrected chi connectivity index (χ1v) is 12.7. The normalized spacial score (nSPS) is 15.2. The van der Waals surface area contributed by atoms with Crippen molar-refractivity contribution in [3.8, 4) is 22.4 Å². The van der Waals surface area contributed by atoms with Crippen LogP contribution in [0.1, 0.15) is 17.7 Å². The van der Waals surface area contributed by atoms with Crippen molar-refractivity contribution >= 4 is 28.6 Å². The van der Waals surface area contributed by atoms with E-state index in [4.69, 9.17) is 21.3 Å². The van der Waals surface area contributed by atoms with Crippen molar-refractivity contribution in [3.05, 3.63) is 94.0 Å². The van der Waals surface area contributed by atoms with Gasteiger partial charge in [-0.3, -0.25) is 24.3 Å². The van der Waals surface area contributed by atoms with Gasteiger partial charge in [-0.1, -0.05) is 23.7 Å². The van der Waals surface area contributed by atoms with Gasteiger partial charge in [-0.25, -0.2) is 4.98 Å². The lowest BCUT2D eigenvalue weighted by Gasteiger charge is -2.16. The molecule has 0 amide bonds. The molecule has 1 aliphatic heterocycles. The number of hydrogen-bond donors (Lipinski definition) is 1. The molecule has 1 aliphatic rings. The minimum Gasteiger partial charge on any atom is -0.379 e. The maximum atomic E-state index is 14.0. The third-order valence-electron chi connectivity index (χ3n) is 6.59. The lowest BCUT2D eigenvalue weighted by Crippen LogP contribution is -2.25. The van der Waals surface area contributed by atoms with E-state index >= 15 is 0 Å². The molecule has 10 heteroatoms.